The van der Waals surface area contributed by atoms with Crippen LogP contribution in [-0.4, -0.2) is 45.5 Å². The number of nitrogens with one attached hydrogen (secondary N) is 1. The lowest BCUT2D eigenvalue weighted by atomic mass is 9.88. The highest BCUT2D eigenvalue weighted by Crippen LogP contribution is 2.27. The van der Waals surface area contributed by atoms with Crippen LogP contribution in [0.15, 0.2) is 48.8 Å². The molecule has 0 saturated carbocycles. The van der Waals surface area contributed by atoms with Crippen molar-refractivity contribution >= 4 is 23.5 Å². The lowest BCUT2D eigenvalue weighted by molar-refractivity contribution is -0.384. The second-order valence-electron chi connectivity index (χ2n) is 5.99. The number of carbonyl (C=O) groups excluding carboxylic acids is 2. The van der Waals surface area contributed by atoms with Gasteiger partial charge in [0.25, 0.3) is 11.6 Å². The van der Waals surface area contributed by atoms with Gasteiger partial charge in [-0.15, -0.1) is 0 Å². The zero-order chi connectivity index (χ0) is 21.4. The van der Waals surface area contributed by atoms with Crippen molar-refractivity contribution in [2.75, 3.05) is 6.61 Å². The van der Waals surface area contributed by atoms with E-state index in [4.69, 9.17) is 4.74 Å². The molecule has 2 rings (SSSR count). The Morgan fingerprint density at radius 2 is 1.79 bits per heavy atom. The fourth-order valence-corrected chi connectivity index (χ4v) is 2.73. The van der Waals surface area contributed by atoms with Crippen molar-refractivity contribution in [3.05, 3.63) is 70.0 Å². The van der Waals surface area contributed by atoms with Gasteiger partial charge >= 0.3 is 11.9 Å². The molecule has 1 amide bonds. The summed E-state index contributed by atoms with van der Waals surface area (Å²) in [6, 6.07) is 6.49. The molecule has 0 radical (unpaired) electrons. The molecule has 0 spiro atoms. The van der Waals surface area contributed by atoms with E-state index in [9.17, 15) is 29.6 Å². The van der Waals surface area contributed by atoms with E-state index in [-0.39, 0.29) is 24.3 Å². The second-order valence-corrected chi connectivity index (χ2v) is 5.99. The van der Waals surface area contributed by atoms with Gasteiger partial charge in [0.1, 0.15) is 6.04 Å². The maximum atomic E-state index is 12.4. The molecule has 0 aliphatic heterocycles. The number of aliphatic carboxylic acids is 1. The van der Waals surface area contributed by atoms with Crippen LogP contribution in [0.4, 0.5) is 5.69 Å². The maximum absolute atomic E-state index is 12.4. The standard InChI is InChI=1S/C19H19N3O7/c1-2-29-16(23)11-15(12-3-5-14(6-4-12)22(27)28)17(19(25)26)21-18(24)13-7-9-20-10-8-13/h3-10,15,17H,2,11H2,1H3,(H,21,24)(H,25,26)/t15-,17+/m0/s1. The number of benzene rings is 1. The van der Waals surface area contributed by atoms with Gasteiger partial charge in [0.15, 0.2) is 0 Å². The minimum absolute atomic E-state index is 0.104. The average Bonchev–Trinajstić information content (AvgIpc) is 2.71. The molecule has 0 saturated heterocycles. The predicted octanol–water partition coefficient (Wildman–Crippen LogP) is 1.91. The largest absolute Gasteiger partial charge is 0.480 e. The van der Waals surface area contributed by atoms with Gasteiger partial charge in [0, 0.05) is 36.0 Å². The Bertz CT molecular complexity index is 884. The topological polar surface area (TPSA) is 149 Å². The first-order valence-electron chi connectivity index (χ1n) is 8.67. The third-order valence-corrected chi connectivity index (χ3v) is 4.12. The first kappa shape index (κ1) is 21.5. The third kappa shape index (κ3) is 5.83. The third-order valence-electron chi connectivity index (χ3n) is 4.12. The number of non-ortho nitro benzene ring substituents is 1. The van der Waals surface area contributed by atoms with Crippen molar-refractivity contribution in [1.29, 1.82) is 0 Å². The summed E-state index contributed by atoms with van der Waals surface area (Å²) in [4.78, 5) is 50.5. The minimum atomic E-state index is -1.47. The van der Waals surface area contributed by atoms with E-state index < -0.39 is 34.7 Å². The lowest BCUT2D eigenvalue weighted by Crippen LogP contribution is -2.45. The molecule has 152 valence electrons. The molecular formula is C19H19N3O7. The molecule has 1 aromatic heterocycles. The van der Waals surface area contributed by atoms with Crippen LogP contribution in [0.3, 0.4) is 0 Å². The number of pyridine rings is 1. The highest BCUT2D eigenvalue weighted by atomic mass is 16.6. The summed E-state index contributed by atoms with van der Waals surface area (Å²) in [7, 11) is 0. The molecule has 10 heteroatoms. The number of nitro benzene ring substituents is 1. The van der Waals surface area contributed by atoms with Gasteiger partial charge in [-0.05, 0) is 24.6 Å². The van der Waals surface area contributed by atoms with Crippen LogP contribution in [-0.2, 0) is 14.3 Å². The summed E-state index contributed by atoms with van der Waals surface area (Å²) in [6.45, 7) is 1.71. The molecule has 1 heterocycles. The molecule has 2 aromatic rings. The molecule has 10 nitrogen and oxygen atoms in total. The van der Waals surface area contributed by atoms with E-state index in [1.54, 1.807) is 6.92 Å². The highest BCUT2D eigenvalue weighted by Gasteiger charge is 2.33. The number of rotatable bonds is 9. The van der Waals surface area contributed by atoms with Gasteiger partial charge in [0.2, 0.25) is 0 Å². The summed E-state index contributed by atoms with van der Waals surface area (Å²) in [6.07, 6.45) is 2.44. The molecular weight excluding hydrogens is 382 g/mol. The van der Waals surface area contributed by atoms with Crippen LogP contribution in [0, 0.1) is 10.1 Å². The number of amides is 1. The number of nitrogens with zero attached hydrogens (tertiary/aromatic N) is 2. The number of esters is 1. The fourth-order valence-electron chi connectivity index (χ4n) is 2.73. The Morgan fingerprint density at radius 1 is 1.17 bits per heavy atom. The molecule has 0 aliphatic carbocycles. The van der Waals surface area contributed by atoms with Gasteiger partial charge in [-0.2, -0.15) is 0 Å². The summed E-state index contributed by atoms with van der Waals surface area (Å²) < 4.78 is 4.91. The summed E-state index contributed by atoms with van der Waals surface area (Å²) >= 11 is 0. The maximum Gasteiger partial charge on any atom is 0.326 e. The van der Waals surface area contributed by atoms with Crippen molar-refractivity contribution in [3.63, 3.8) is 0 Å². The van der Waals surface area contributed by atoms with Crippen LogP contribution in [0.25, 0.3) is 0 Å². The number of ether oxygens (including phenoxy) is 1. The SMILES string of the molecule is CCOC(=O)C[C@@H](c1ccc([N+](=O)[O-])cc1)[C@@H](NC(=O)c1ccncc1)C(=O)O. The molecule has 1 aromatic carbocycles. The Balaban J connectivity index is 2.36. The highest BCUT2D eigenvalue weighted by molar-refractivity contribution is 5.96. The number of hydrogen-bond acceptors (Lipinski definition) is 7. The molecule has 2 atom stereocenters. The predicted molar refractivity (Wildman–Crippen MR) is 100 cm³/mol. The number of hydrogen-bond donors (Lipinski definition) is 2. The summed E-state index contributed by atoms with van der Waals surface area (Å²) in [5.74, 6) is -3.67. The minimum Gasteiger partial charge on any atom is -0.480 e. The average molecular weight is 401 g/mol. The Hall–Kier alpha value is -3.82. The second kappa shape index (κ2) is 9.93. The van der Waals surface area contributed by atoms with E-state index in [0.717, 1.165) is 0 Å². The van der Waals surface area contributed by atoms with Crippen LogP contribution in [0.5, 0.6) is 0 Å². The molecule has 0 fully saturated rings. The first-order chi connectivity index (χ1) is 13.8. The van der Waals surface area contributed by atoms with Crippen LogP contribution < -0.4 is 5.32 Å². The molecule has 0 unspecified atom stereocenters. The van der Waals surface area contributed by atoms with E-state index >= 15 is 0 Å². The number of carboxylic acid groups (broad SMARTS) is 1. The van der Waals surface area contributed by atoms with Gasteiger partial charge in [0.05, 0.1) is 18.0 Å². The molecule has 0 bridgehead atoms. The number of carbonyl (C=O) groups is 3. The molecule has 29 heavy (non-hydrogen) atoms. The zero-order valence-electron chi connectivity index (χ0n) is 15.5. The van der Waals surface area contributed by atoms with Gasteiger partial charge in [-0.1, -0.05) is 12.1 Å². The normalized spacial score (nSPS) is 12.4. The monoisotopic (exact) mass is 401 g/mol. The molecule has 2 N–H and O–H groups in total. The van der Waals surface area contributed by atoms with Gasteiger partial charge in [-0.25, -0.2) is 4.79 Å². The van der Waals surface area contributed by atoms with Gasteiger partial charge in [-0.3, -0.25) is 24.7 Å². The fraction of sp³-hybridized carbons (Fsp3) is 0.263. The van der Waals surface area contributed by atoms with Crippen LogP contribution in [0.2, 0.25) is 0 Å². The summed E-state index contributed by atoms with van der Waals surface area (Å²) in [5, 5.41) is 23.0. The van der Waals surface area contributed by atoms with Crippen LogP contribution >= 0.6 is 0 Å². The number of nitro groups is 1. The Kier molecular flexibility index (Phi) is 7.35. The molecule has 0 aliphatic rings. The van der Waals surface area contributed by atoms with Crippen molar-refractivity contribution in [2.24, 2.45) is 0 Å². The van der Waals surface area contributed by atoms with E-state index in [1.807, 2.05) is 0 Å². The lowest BCUT2D eigenvalue weighted by Gasteiger charge is -2.24. The van der Waals surface area contributed by atoms with Crippen molar-refractivity contribution in [1.82, 2.24) is 10.3 Å². The van der Waals surface area contributed by atoms with E-state index in [0.29, 0.717) is 5.56 Å². The Labute approximate surface area is 165 Å². The van der Waals surface area contributed by atoms with Crippen molar-refractivity contribution in [2.45, 2.75) is 25.3 Å². The van der Waals surface area contributed by atoms with Crippen molar-refractivity contribution in [3.8, 4) is 0 Å². The van der Waals surface area contributed by atoms with Gasteiger partial charge < -0.3 is 15.2 Å². The van der Waals surface area contributed by atoms with Crippen LogP contribution in [0.1, 0.15) is 35.2 Å². The number of carboxylic acids is 1. The smallest absolute Gasteiger partial charge is 0.326 e. The van der Waals surface area contributed by atoms with Crippen molar-refractivity contribution < 1.29 is 29.2 Å². The zero-order valence-corrected chi connectivity index (χ0v) is 15.5. The first-order valence-corrected chi connectivity index (χ1v) is 8.67. The summed E-state index contributed by atoms with van der Waals surface area (Å²) in [5.41, 5.74) is 0.354. The number of aromatic nitrogens is 1. The van der Waals surface area contributed by atoms with E-state index in [2.05, 4.69) is 10.3 Å². The quantitative estimate of drug-likeness (QED) is 0.368. The Morgan fingerprint density at radius 3 is 2.31 bits per heavy atom. The van der Waals surface area contributed by atoms with E-state index in [1.165, 1.54) is 48.8 Å².